The molecule has 4 nitrogen and oxygen atoms in total. The minimum absolute atomic E-state index is 0.0207. The molecule has 20 heavy (non-hydrogen) atoms. The first kappa shape index (κ1) is 14.3. The summed E-state index contributed by atoms with van der Waals surface area (Å²) in [7, 11) is -0.858. The number of methoxy groups -OCH3 is 1. The third-order valence-corrected chi connectivity index (χ3v) is 4.68. The van der Waals surface area contributed by atoms with Crippen molar-refractivity contribution >= 4 is 15.7 Å². The molecule has 0 radical (unpaired) electrons. The van der Waals surface area contributed by atoms with E-state index in [1.54, 1.807) is 24.3 Å². The second-order valence-electron chi connectivity index (χ2n) is 4.10. The van der Waals surface area contributed by atoms with Gasteiger partial charge in [0.15, 0.2) is 0 Å². The van der Waals surface area contributed by atoms with E-state index < -0.39 is 15.8 Å². The first-order valence-corrected chi connectivity index (χ1v) is 7.28. The molecule has 0 aromatic heterocycles. The number of nitrogens with zero attached hydrogens (tertiary/aromatic N) is 1. The topological polar surface area (TPSA) is 46.6 Å². The zero-order valence-electron chi connectivity index (χ0n) is 11.1. The van der Waals surface area contributed by atoms with Gasteiger partial charge >= 0.3 is 0 Å². The molecule has 0 aliphatic carbocycles. The van der Waals surface area contributed by atoms with E-state index in [1.807, 2.05) is 0 Å². The van der Waals surface area contributed by atoms with E-state index >= 15 is 0 Å². The summed E-state index contributed by atoms with van der Waals surface area (Å²) in [5, 5.41) is 0. The zero-order valence-corrected chi connectivity index (χ0v) is 11.9. The first-order chi connectivity index (χ1) is 9.46. The largest absolute Gasteiger partial charge is 0.495 e. The van der Waals surface area contributed by atoms with Gasteiger partial charge in [-0.25, -0.2) is 12.8 Å². The lowest BCUT2D eigenvalue weighted by atomic mass is 10.3. The molecule has 0 spiro atoms. The van der Waals surface area contributed by atoms with Crippen LogP contribution in [0.25, 0.3) is 0 Å². The summed E-state index contributed by atoms with van der Waals surface area (Å²) >= 11 is 0. The van der Waals surface area contributed by atoms with Crippen LogP contribution in [-0.2, 0) is 10.0 Å². The van der Waals surface area contributed by atoms with Crippen LogP contribution in [0.15, 0.2) is 53.4 Å². The average molecular weight is 295 g/mol. The van der Waals surface area contributed by atoms with Gasteiger partial charge in [0.2, 0.25) is 0 Å². The maximum absolute atomic E-state index is 12.9. The number of anilines is 1. The van der Waals surface area contributed by atoms with Crippen LogP contribution in [0.3, 0.4) is 0 Å². The standard InChI is InChI=1S/C14H14FNO3S/c1-16(13-5-3-4-6-14(13)19-2)20(17,18)12-9-7-11(15)8-10-12/h3-10H,1-2H3. The van der Waals surface area contributed by atoms with Crippen LogP contribution in [0.4, 0.5) is 10.1 Å². The summed E-state index contributed by atoms with van der Waals surface area (Å²) in [5.74, 6) is -0.0374. The second-order valence-corrected chi connectivity index (χ2v) is 6.07. The summed E-state index contributed by atoms with van der Waals surface area (Å²) in [5.41, 5.74) is 0.416. The third-order valence-electron chi connectivity index (χ3n) is 2.90. The Labute approximate surface area is 117 Å². The molecule has 2 rings (SSSR count). The van der Waals surface area contributed by atoms with Crippen LogP contribution in [0, 0.1) is 5.82 Å². The summed E-state index contributed by atoms with van der Waals surface area (Å²) < 4.78 is 44.1. The molecular formula is C14H14FNO3S. The van der Waals surface area contributed by atoms with Crippen molar-refractivity contribution in [1.29, 1.82) is 0 Å². The zero-order chi connectivity index (χ0) is 14.8. The Kier molecular flexibility index (Phi) is 3.94. The molecule has 0 unspecified atom stereocenters. The number of para-hydroxylation sites is 2. The molecule has 0 saturated carbocycles. The van der Waals surface area contributed by atoms with Crippen LogP contribution in [-0.4, -0.2) is 22.6 Å². The maximum atomic E-state index is 12.9. The summed E-state index contributed by atoms with van der Waals surface area (Å²) in [6.45, 7) is 0. The van der Waals surface area contributed by atoms with Crippen molar-refractivity contribution in [3.8, 4) is 5.75 Å². The lowest BCUT2D eigenvalue weighted by Gasteiger charge is -2.21. The Morgan fingerprint density at radius 1 is 1.05 bits per heavy atom. The molecule has 106 valence electrons. The quantitative estimate of drug-likeness (QED) is 0.871. The molecule has 2 aromatic rings. The van der Waals surface area contributed by atoms with Crippen LogP contribution in [0.5, 0.6) is 5.75 Å². The molecule has 0 fully saturated rings. The SMILES string of the molecule is COc1ccccc1N(C)S(=O)(=O)c1ccc(F)cc1. The number of halogens is 1. The van der Waals surface area contributed by atoms with Crippen molar-refractivity contribution in [2.24, 2.45) is 0 Å². The van der Waals surface area contributed by atoms with E-state index in [9.17, 15) is 12.8 Å². The van der Waals surface area contributed by atoms with E-state index in [1.165, 1.54) is 26.3 Å². The van der Waals surface area contributed by atoms with Crippen molar-refractivity contribution in [2.45, 2.75) is 4.90 Å². The predicted octanol–water partition coefficient (Wildman–Crippen LogP) is 2.66. The van der Waals surface area contributed by atoms with Crippen LogP contribution in [0.1, 0.15) is 0 Å². The van der Waals surface area contributed by atoms with Crippen molar-refractivity contribution < 1.29 is 17.5 Å². The number of hydrogen-bond donors (Lipinski definition) is 0. The Balaban J connectivity index is 2.46. The molecule has 0 N–H and O–H groups in total. The molecule has 0 heterocycles. The number of rotatable bonds is 4. The number of benzene rings is 2. The molecule has 0 bridgehead atoms. The Bertz CT molecular complexity index is 699. The van der Waals surface area contributed by atoms with Gasteiger partial charge in [0.25, 0.3) is 10.0 Å². The molecule has 6 heteroatoms. The maximum Gasteiger partial charge on any atom is 0.264 e. The van der Waals surface area contributed by atoms with Gasteiger partial charge in [0.1, 0.15) is 11.6 Å². The number of ether oxygens (including phenoxy) is 1. The van der Waals surface area contributed by atoms with Gasteiger partial charge in [0, 0.05) is 7.05 Å². The fraction of sp³-hybridized carbons (Fsp3) is 0.143. The van der Waals surface area contributed by atoms with E-state index in [0.717, 1.165) is 16.4 Å². The number of hydrogen-bond acceptors (Lipinski definition) is 3. The van der Waals surface area contributed by atoms with Crippen LogP contribution >= 0.6 is 0 Å². The molecule has 0 amide bonds. The predicted molar refractivity (Wildman–Crippen MR) is 75.0 cm³/mol. The molecule has 2 aromatic carbocycles. The number of sulfonamides is 1. The minimum atomic E-state index is -3.75. The van der Waals surface area contributed by atoms with Gasteiger partial charge in [-0.2, -0.15) is 0 Å². The summed E-state index contributed by atoms with van der Waals surface area (Å²) in [6, 6.07) is 11.5. The second kappa shape index (κ2) is 5.50. The monoisotopic (exact) mass is 295 g/mol. The van der Waals surface area contributed by atoms with Gasteiger partial charge in [-0.1, -0.05) is 12.1 Å². The molecule has 0 saturated heterocycles. The lowest BCUT2D eigenvalue weighted by molar-refractivity contribution is 0.416. The van der Waals surface area contributed by atoms with Crippen LogP contribution < -0.4 is 9.04 Å². The van der Waals surface area contributed by atoms with Gasteiger partial charge in [-0.3, -0.25) is 4.31 Å². The van der Waals surface area contributed by atoms with E-state index in [2.05, 4.69) is 0 Å². The van der Waals surface area contributed by atoms with Gasteiger partial charge in [0.05, 0.1) is 17.7 Å². The Morgan fingerprint density at radius 3 is 2.25 bits per heavy atom. The average Bonchev–Trinajstić information content (AvgIpc) is 2.46. The van der Waals surface area contributed by atoms with Gasteiger partial charge in [-0.05, 0) is 36.4 Å². The fourth-order valence-corrected chi connectivity index (χ4v) is 2.99. The fourth-order valence-electron chi connectivity index (χ4n) is 1.78. The smallest absolute Gasteiger partial charge is 0.264 e. The van der Waals surface area contributed by atoms with Crippen LogP contribution in [0.2, 0.25) is 0 Å². The van der Waals surface area contributed by atoms with E-state index in [-0.39, 0.29) is 4.90 Å². The summed E-state index contributed by atoms with van der Waals surface area (Å²) in [6.07, 6.45) is 0. The normalized spacial score (nSPS) is 11.2. The lowest BCUT2D eigenvalue weighted by Crippen LogP contribution is -2.26. The van der Waals surface area contributed by atoms with Crippen molar-refractivity contribution in [2.75, 3.05) is 18.5 Å². The Morgan fingerprint density at radius 2 is 1.65 bits per heavy atom. The Hall–Kier alpha value is -2.08. The molecule has 0 atom stereocenters. The molecular weight excluding hydrogens is 281 g/mol. The van der Waals surface area contributed by atoms with Crippen molar-refractivity contribution in [3.63, 3.8) is 0 Å². The highest BCUT2D eigenvalue weighted by Gasteiger charge is 2.23. The highest BCUT2D eigenvalue weighted by Crippen LogP contribution is 2.30. The van der Waals surface area contributed by atoms with E-state index in [4.69, 9.17) is 4.74 Å². The van der Waals surface area contributed by atoms with Gasteiger partial charge in [-0.15, -0.1) is 0 Å². The van der Waals surface area contributed by atoms with Gasteiger partial charge < -0.3 is 4.74 Å². The third kappa shape index (κ3) is 2.60. The first-order valence-electron chi connectivity index (χ1n) is 5.84. The van der Waals surface area contributed by atoms with Crippen molar-refractivity contribution in [3.05, 3.63) is 54.3 Å². The highest BCUT2D eigenvalue weighted by molar-refractivity contribution is 7.92. The van der Waals surface area contributed by atoms with Crippen molar-refractivity contribution in [1.82, 2.24) is 0 Å². The molecule has 0 aliphatic heterocycles. The minimum Gasteiger partial charge on any atom is -0.495 e. The highest BCUT2D eigenvalue weighted by atomic mass is 32.2. The van der Waals surface area contributed by atoms with E-state index in [0.29, 0.717) is 11.4 Å². The summed E-state index contributed by atoms with van der Waals surface area (Å²) in [4.78, 5) is 0.0207. The molecule has 0 aliphatic rings.